The molecule has 0 spiro atoms. The zero-order valence-corrected chi connectivity index (χ0v) is 15.6. The lowest BCUT2D eigenvalue weighted by Gasteiger charge is -2.37. The number of carbonyl (C=O) groups is 1. The number of aromatic hydroxyl groups is 1. The van der Waals surface area contributed by atoms with Crippen LogP contribution in [0.3, 0.4) is 0 Å². The van der Waals surface area contributed by atoms with Gasteiger partial charge in [0, 0.05) is 30.1 Å². The molecule has 2 aromatic rings. The highest BCUT2D eigenvalue weighted by Crippen LogP contribution is 2.36. The van der Waals surface area contributed by atoms with Gasteiger partial charge in [0.25, 0.3) is 11.6 Å². The molecule has 0 saturated heterocycles. The Balaban J connectivity index is 1.67. The van der Waals surface area contributed by atoms with Crippen molar-refractivity contribution in [3.63, 3.8) is 0 Å². The molecule has 2 aromatic carbocycles. The molecule has 0 fully saturated rings. The van der Waals surface area contributed by atoms with Gasteiger partial charge in [-0.05, 0) is 36.8 Å². The molecule has 0 bridgehead atoms. The number of nitro groups is 1. The average Bonchev–Trinajstić information content (AvgIpc) is 3.16. The number of nitrogens with zero attached hydrogens (tertiary/aromatic N) is 3. The molecule has 1 amide bonds. The molecule has 2 aliphatic heterocycles. The Hall–Kier alpha value is -3.88. The van der Waals surface area contributed by atoms with Gasteiger partial charge in [-0.1, -0.05) is 12.1 Å². The number of aliphatic imine (C=N–C) groups is 1. The summed E-state index contributed by atoms with van der Waals surface area (Å²) in [6.45, 7) is 3.10. The van der Waals surface area contributed by atoms with E-state index in [1.54, 1.807) is 24.3 Å². The summed E-state index contributed by atoms with van der Waals surface area (Å²) < 4.78 is 0. The number of rotatable bonds is 4. The Kier molecular flexibility index (Phi) is 4.63. The molecule has 1 atom stereocenters. The summed E-state index contributed by atoms with van der Waals surface area (Å²) in [6, 6.07) is 12.1. The molecule has 9 heteroatoms. The van der Waals surface area contributed by atoms with Crippen molar-refractivity contribution in [2.45, 2.75) is 13.0 Å². The first-order valence-corrected chi connectivity index (χ1v) is 9.07. The number of nitro benzene ring substituents is 1. The average molecular weight is 393 g/mol. The topological polar surface area (TPSA) is 120 Å². The Labute approximate surface area is 166 Å². The van der Waals surface area contributed by atoms with Crippen LogP contribution in [0.5, 0.6) is 5.75 Å². The van der Waals surface area contributed by atoms with Gasteiger partial charge in [-0.2, -0.15) is 0 Å². The van der Waals surface area contributed by atoms with Crippen molar-refractivity contribution < 1.29 is 14.8 Å². The van der Waals surface area contributed by atoms with Gasteiger partial charge >= 0.3 is 0 Å². The maximum absolute atomic E-state index is 13.2. The fourth-order valence-electron chi connectivity index (χ4n) is 3.58. The number of nitrogens with one attached hydrogen (secondary N) is 2. The normalized spacial score (nSPS) is 18.0. The summed E-state index contributed by atoms with van der Waals surface area (Å²) in [5.41, 5.74) is 2.48. The lowest BCUT2D eigenvalue weighted by atomic mass is 9.93. The zero-order valence-electron chi connectivity index (χ0n) is 15.6. The van der Waals surface area contributed by atoms with E-state index in [1.165, 1.54) is 24.3 Å². The van der Waals surface area contributed by atoms with Gasteiger partial charge in [0.2, 0.25) is 0 Å². The number of hydrogen-bond donors (Lipinski definition) is 3. The van der Waals surface area contributed by atoms with Crippen molar-refractivity contribution in [1.29, 1.82) is 0 Å². The molecule has 3 N–H and O–H groups in total. The number of amides is 1. The fourth-order valence-corrected chi connectivity index (χ4v) is 3.58. The van der Waals surface area contributed by atoms with Gasteiger partial charge in [0.05, 0.1) is 23.1 Å². The van der Waals surface area contributed by atoms with Crippen LogP contribution in [0, 0.1) is 10.1 Å². The molecule has 0 aromatic heterocycles. The van der Waals surface area contributed by atoms with Crippen molar-refractivity contribution in [2.75, 3.05) is 18.4 Å². The van der Waals surface area contributed by atoms with E-state index in [-0.39, 0.29) is 23.4 Å². The second-order valence-electron chi connectivity index (χ2n) is 6.81. The van der Waals surface area contributed by atoms with Crippen LogP contribution >= 0.6 is 0 Å². The number of anilines is 1. The Bertz CT molecular complexity index is 1030. The molecule has 0 aliphatic carbocycles. The van der Waals surface area contributed by atoms with E-state index in [4.69, 9.17) is 0 Å². The quantitative estimate of drug-likeness (QED) is 0.542. The molecule has 4 rings (SSSR count). The first-order chi connectivity index (χ1) is 13.9. The van der Waals surface area contributed by atoms with Gasteiger partial charge in [-0.3, -0.25) is 19.9 Å². The predicted octanol–water partition coefficient (Wildman–Crippen LogP) is 2.53. The molecule has 0 saturated carbocycles. The Morgan fingerprint density at radius 3 is 2.59 bits per heavy atom. The number of phenolic OH excluding ortho intramolecular Hbond substituents is 1. The maximum Gasteiger partial charge on any atom is 0.269 e. The number of carbonyl (C=O) groups excluding carboxylic acids is 1. The fraction of sp³-hybridized carbons (Fsp3) is 0.200. The van der Waals surface area contributed by atoms with E-state index in [9.17, 15) is 20.0 Å². The lowest BCUT2D eigenvalue weighted by Crippen LogP contribution is -2.47. The van der Waals surface area contributed by atoms with Crippen LogP contribution in [0.15, 0.2) is 64.8 Å². The van der Waals surface area contributed by atoms with Crippen molar-refractivity contribution in [3.05, 3.63) is 75.5 Å². The zero-order chi connectivity index (χ0) is 20.5. The van der Waals surface area contributed by atoms with Crippen molar-refractivity contribution in [2.24, 2.45) is 4.99 Å². The second-order valence-corrected chi connectivity index (χ2v) is 6.81. The lowest BCUT2D eigenvalue weighted by molar-refractivity contribution is -0.384. The number of fused-ring (bicyclic) bond motifs is 1. The number of phenols is 1. The summed E-state index contributed by atoms with van der Waals surface area (Å²) >= 11 is 0. The summed E-state index contributed by atoms with van der Waals surface area (Å²) in [6.07, 6.45) is 0. The molecule has 1 unspecified atom stereocenters. The summed E-state index contributed by atoms with van der Waals surface area (Å²) in [4.78, 5) is 30.0. The molecular formula is C20H19N5O4. The summed E-state index contributed by atoms with van der Waals surface area (Å²) in [7, 11) is 0. The predicted molar refractivity (Wildman–Crippen MR) is 107 cm³/mol. The molecule has 9 nitrogen and oxygen atoms in total. The molecule has 29 heavy (non-hydrogen) atoms. The van der Waals surface area contributed by atoms with E-state index in [0.717, 1.165) is 5.56 Å². The number of guanidine groups is 1. The van der Waals surface area contributed by atoms with Crippen LogP contribution in [0.2, 0.25) is 0 Å². The number of allylic oxidation sites excluding steroid dienone is 1. The van der Waals surface area contributed by atoms with Crippen LogP contribution < -0.4 is 10.6 Å². The standard InChI is InChI=1S/C20H19N5O4/c1-12-17(19(27)23-14-4-6-15(7-5-14)25(28)29)18(13-2-8-16(26)9-3-13)24-11-10-21-20(24)22-12/h2-9,18,26H,10-11H2,1H3,(H,21,22)(H,23,27). The summed E-state index contributed by atoms with van der Waals surface area (Å²) in [5, 5.41) is 26.5. The van der Waals surface area contributed by atoms with Crippen molar-refractivity contribution in [1.82, 2.24) is 10.2 Å². The molecule has 148 valence electrons. The minimum absolute atomic E-state index is 0.0439. The maximum atomic E-state index is 13.2. The van der Waals surface area contributed by atoms with E-state index >= 15 is 0 Å². The van der Waals surface area contributed by atoms with Gasteiger partial charge < -0.3 is 20.6 Å². The van der Waals surface area contributed by atoms with E-state index in [2.05, 4.69) is 15.6 Å². The molecule has 2 aliphatic rings. The first kappa shape index (κ1) is 18.5. The van der Waals surface area contributed by atoms with Gasteiger partial charge in [0.15, 0.2) is 5.96 Å². The minimum atomic E-state index is -0.488. The third-order valence-electron chi connectivity index (χ3n) is 4.95. The highest BCUT2D eigenvalue weighted by atomic mass is 16.6. The van der Waals surface area contributed by atoms with Crippen LogP contribution in [-0.4, -0.2) is 39.9 Å². The number of benzene rings is 2. The van der Waals surface area contributed by atoms with Crippen molar-refractivity contribution >= 4 is 23.2 Å². The highest BCUT2D eigenvalue weighted by molar-refractivity contribution is 6.07. The highest BCUT2D eigenvalue weighted by Gasteiger charge is 2.38. The van der Waals surface area contributed by atoms with E-state index in [1.807, 2.05) is 11.8 Å². The minimum Gasteiger partial charge on any atom is -0.508 e. The molecular weight excluding hydrogens is 374 g/mol. The van der Waals surface area contributed by atoms with Crippen LogP contribution in [0.25, 0.3) is 0 Å². The Morgan fingerprint density at radius 2 is 1.93 bits per heavy atom. The van der Waals surface area contributed by atoms with Crippen molar-refractivity contribution in [3.8, 4) is 5.75 Å². The van der Waals surface area contributed by atoms with Gasteiger partial charge in [-0.15, -0.1) is 0 Å². The van der Waals surface area contributed by atoms with Crippen LogP contribution in [0.4, 0.5) is 11.4 Å². The second kappa shape index (κ2) is 7.27. The number of hydrogen-bond acceptors (Lipinski definition) is 7. The third-order valence-corrected chi connectivity index (χ3v) is 4.95. The van der Waals surface area contributed by atoms with Crippen LogP contribution in [0.1, 0.15) is 18.5 Å². The smallest absolute Gasteiger partial charge is 0.269 e. The van der Waals surface area contributed by atoms with Crippen LogP contribution in [-0.2, 0) is 4.79 Å². The monoisotopic (exact) mass is 393 g/mol. The summed E-state index contributed by atoms with van der Waals surface area (Å²) in [5.74, 6) is 0.552. The third kappa shape index (κ3) is 3.49. The van der Waals surface area contributed by atoms with E-state index < -0.39 is 4.92 Å². The van der Waals surface area contributed by atoms with E-state index in [0.29, 0.717) is 36.0 Å². The largest absolute Gasteiger partial charge is 0.508 e. The molecule has 0 radical (unpaired) electrons. The van der Waals surface area contributed by atoms with Gasteiger partial charge in [0.1, 0.15) is 5.75 Å². The van der Waals surface area contributed by atoms with Gasteiger partial charge in [-0.25, -0.2) is 0 Å². The number of non-ortho nitro benzene ring substituents is 1. The first-order valence-electron chi connectivity index (χ1n) is 9.07. The molecule has 2 heterocycles. The SMILES string of the molecule is CC1=C(C(=O)Nc2ccc([N+](=O)[O-])cc2)C(c2ccc(O)cc2)N2CCN=C2N1. The Morgan fingerprint density at radius 1 is 1.24 bits per heavy atom.